The van der Waals surface area contributed by atoms with Crippen LogP contribution in [0.5, 0.6) is 0 Å². The normalized spacial score (nSPS) is 10.4. The number of hydrogen-bond donors (Lipinski definition) is 2. The second kappa shape index (κ2) is 6.53. The van der Waals surface area contributed by atoms with E-state index in [1.54, 1.807) is 31.2 Å². The van der Waals surface area contributed by atoms with Crippen molar-refractivity contribution in [3.8, 4) is 0 Å². The van der Waals surface area contributed by atoms with Crippen molar-refractivity contribution in [3.63, 3.8) is 0 Å². The number of nitrogen functional groups attached to an aromatic ring is 1. The number of rotatable bonds is 4. The first kappa shape index (κ1) is 15.2. The Morgan fingerprint density at radius 2 is 2.14 bits per heavy atom. The SMILES string of the molecule is Cc1ncn(CCC(=O)Nc2ccccc2N)c(=O)c1Br. The van der Waals surface area contributed by atoms with Gasteiger partial charge in [0.1, 0.15) is 4.47 Å². The molecular formula is C14H15BrN4O2. The fourth-order valence-electron chi connectivity index (χ4n) is 1.75. The first-order valence-corrected chi connectivity index (χ1v) is 7.14. The van der Waals surface area contributed by atoms with Gasteiger partial charge in [-0.3, -0.25) is 14.2 Å². The Labute approximate surface area is 130 Å². The van der Waals surface area contributed by atoms with Crippen molar-refractivity contribution in [1.29, 1.82) is 0 Å². The molecular weight excluding hydrogens is 336 g/mol. The quantitative estimate of drug-likeness (QED) is 0.824. The molecule has 0 aliphatic heterocycles. The molecule has 6 nitrogen and oxygen atoms in total. The summed E-state index contributed by atoms with van der Waals surface area (Å²) in [6.07, 6.45) is 1.60. The molecule has 1 amide bonds. The molecule has 21 heavy (non-hydrogen) atoms. The summed E-state index contributed by atoms with van der Waals surface area (Å²) in [5.74, 6) is -0.212. The van der Waals surface area contributed by atoms with Crippen LogP contribution in [-0.2, 0) is 11.3 Å². The van der Waals surface area contributed by atoms with Crippen LogP contribution in [0, 0.1) is 6.92 Å². The molecule has 110 valence electrons. The van der Waals surface area contributed by atoms with Crippen molar-refractivity contribution >= 4 is 33.2 Å². The molecule has 3 N–H and O–H groups in total. The van der Waals surface area contributed by atoms with Gasteiger partial charge in [-0.25, -0.2) is 4.98 Å². The number of nitrogens with two attached hydrogens (primary N) is 1. The van der Waals surface area contributed by atoms with E-state index < -0.39 is 0 Å². The molecule has 0 radical (unpaired) electrons. The zero-order valence-electron chi connectivity index (χ0n) is 11.5. The summed E-state index contributed by atoms with van der Waals surface area (Å²) in [4.78, 5) is 27.9. The Balaban J connectivity index is 2.01. The molecule has 0 saturated heterocycles. The highest BCUT2D eigenvalue weighted by Crippen LogP contribution is 2.16. The summed E-state index contributed by atoms with van der Waals surface area (Å²) >= 11 is 3.19. The van der Waals surface area contributed by atoms with Gasteiger partial charge in [0.2, 0.25) is 5.91 Å². The minimum Gasteiger partial charge on any atom is -0.397 e. The molecule has 1 heterocycles. The maximum absolute atomic E-state index is 11.9. The molecule has 7 heteroatoms. The van der Waals surface area contributed by atoms with E-state index in [4.69, 9.17) is 5.73 Å². The van der Waals surface area contributed by atoms with Gasteiger partial charge in [0.15, 0.2) is 0 Å². The van der Waals surface area contributed by atoms with Crippen LogP contribution in [0.4, 0.5) is 11.4 Å². The molecule has 0 spiro atoms. The van der Waals surface area contributed by atoms with Crippen molar-refractivity contribution in [2.45, 2.75) is 19.9 Å². The van der Waals surface area contributed by atoms with Crippen molar-refractivity contribution in [2.24, 2.45) is 0 Å². The van der Waals surface area contributed by atoms with Crippen LogP contribution in [-0.4, -0.2) is 15.5 Å². The third kappa shape index (κ3) is 3.69. The van der Waals surface area contributed by atoms with Gasteiger partial charge in [-0.15, -0.1) is 0 Å². The fourth-order valence-corrected chi connectivity index (χ4v) is 2.08. The van der Waals surface area contributed by atoms with Crippen molar-refractivity contribution in [3.05, 3.63) is 51.1 Å². The number of carbonyl (C=O) groups excluding carboxylic acids is 1. The summed E-state index contributed by atoms with van der Waals surface area (Å²) in [5, 5.41) is 2.71. The average Bonchev–Trinajstić information content (AvgIpc) is 2.46. The lowest BCUT2D eigenvalue weighted by Gasteiger charge is -2.09. The van der Waals surface area contributed by atoms with Crippen LogP contribution in [0.1, 0.15) is 12.1 Å². The third-order valence-corrected chi connectivity index (χ3v) is 3.88. The molecule has 0 aliphatic rings. The Bertz CT molecular complexity index is 727. The number of nitrogens with zero attached hydrogens (tertiary/aromatic N) is 2. The summed E-state index contributed by atoms with van der Waals surface area (Å²) < 4.78 is 1.81. The minimum absolute atomic E-state index is 0.158. The van der Waals surface area contributed by atoms with Gasteiger partial charge in [0, 0.05) is 13.0 Å². The highest BCUT2D eigenvalue weighted by molar-refractivity contribution is 9.10. The lowest BCUT2D eigenvalue weighted by atomic mass is 10.2. The molecule has 1 aromatic heterocycles. The zero-order valence-corrected chi connectivity index (χ0v) is 13.1. The van der Waals surface area contributed by atoms with Crippen molar-refractivity contribution in [1.82, 2.24) is 9.55 Å². The van der Waals surface area contributed by atoms with Gasteiger partial charge in [-0.2, -0.15) is 0 Å². The van der Waals surface area contributed by atoms with Crippen molar-refractivity contribution in [2.75, 3.05) is 11.1 Å². The lowest BCUT2D eigenvalue weighted by molar-refractivity contribution is -0.116. The first-order chi connectivity index (χ1) is 9.99. The number of aromatic nitrogens is 2. The average molecular weight is 351 g/mol. The predicted octanol–water partition coefficient (Wildman–Crippen LogP) is 1.93. The number of nitrogens with one attached hydrogen (secondary N) is 1. The summed E-state index contributed by atoms with van der Waals surface area (Å²) in [7, 11) is 0. The van der Waals surface area contributed by atoms with Gasteiger partial charge < -0.3 is 11.1 Å². The maximum atomic E-state index is 11.9. The van der Waals surface area contributed by atoms with Crippen LogP contribution in [0.3, 0.4) is 0 Å². The summed E-state index contributed by atoms with van der Waals surface area (Å²) in [6, 6.07) is 7.02. The number of benzene rings is 1. The van der Waals surface area contributed by atoms with Gasteiger partial charge in [0.05, 0.1) is 23.4 Å². The number of carbonyl (C=O) groups is 1. The van der Waals surface area contributed by atoms with E-state index in [9.17, 15) is 9.59 Å². The van der Waals surface area contributed by atoms with E-state index in [1.165, 1.54) is 10.9 Å². The summed E-state index contributed by atoms with van der Waals surface area (Å²) in [5.41, 5.74) is 7.24. The predicted molar refractivity (Wildman–Crippen MR) is 85.0 cm³/mol. The number of anilines is 2. The number of amides is 1. The standard InChI is InChI=1S/C14H15BrN4O2/c1-9-13(15)14(21)19(8-17-9)7-6-12(20)18-11-5-3-2-4-10(11)16/h2-5,8H,6-7,16H2,1H3,(H,18,20). The molecule has 0 unspecified atom stereocenters. The second-order valence-corrected chi connectivity index (χ2v) is 5.32. The second-order valence-electron chi connectivity index (χ2n) is 4.53. The molecule has 0 saturated carbocycles. The Morgan fingerprint density at radius 1 is 1.43 bits per heavy atom. The van der Waals surface area contributed by atoms with E-state index >= 15 is 0 Å². The van der Waals surface area contributed by atoms with Crippen LogP contribution >= 0.6 is 15.9 Å². The van der Waals surface area contributed by atoms with Gasteiger partial charge in [-0.05, 0) is 35.0 Å². The van der Waals surface area contributed by atoms with E-state index in [-0.39, 0.29) is 24.4 Å². The number of aryl methyl sites for hydroxylation is 2. The van der Waals surface area contributed by atoms with E-state index in [0.29, 0.717) is 21.5 Å². The number of halogens is 1. The molecule has 1 aromatic carbocycles. The molecule has 0 bridgehead atoms. The van der Waals surface area contributed by atoms with Crippen LogP contribution in [0.15, 0.2) is 39.9 Å². The van der Waals surface area contributed by atoms with Crippen LogP contribution in [0.25, 0.3) is 0 Å². The Morgan fingerprint density at radius 3 is 2.86 bits per heavy atom. The highest BCUT2D eigenvalue weighted by atomic mass is 79.9. The molecule has 0 atom stereocenters. The van der Waals surface area contributed by atoms with E-state index in [2.05, 4.69) is 26.2 Å². The largest absolute Gasteiger partial charge is 0.397 e. The molecule has 0 aliphatic carbocycles. The van der Waals surface area contributed by atoms with Gasteiger partial charge in [0.25, 0.3) is 5.56 Å². The smallest absolute Gasteiger partial charge is 0.267 e. The summed E-state index contributed by atoms with van der Waals surface area (Å²) in [6.45, 7) is 1.99. The molecule has 0 fully saturated rings. The fraction of sp³-hybridized carbons (Fsp3) is 0.214. The number of para-hydroxylation sites is 2. The maximum Gasteiger partial charge on any atom is 0.267 e. The molecule has 2 rings (SSSR count). The lowest BCUT2D eigenvalue weighted by Crippen LogP contribution is -2.24. The monoisotopic (exact) mass is 350 g/mol. The topological polar surface area (TPSA) is 90.0 Å². The van der Waals surface area contributed by atoms with Crippen LogP contribution < -0.4 is 16.6 Å². The van der Waals surface area contributed by atoms with Gasteiger partial charge >= 0.3 is 0 Å². The highest BCUT2D eigenvalue weighted by Gasteiger charge is 2.08. The zero-order chi connectivity index (χ0) is 15.4. The minimum atomic E-state index is -0.212. The van der Waals surface area contributed by atoms with Crippen molar-refractivity contribution < 1.29 is 4.79 Å². The first-order valence-electron chi connectivity index (χ1n) is 6.35. The number of hydrogen-bond acceptors (Lipinski definition) is 4. The Kier molecular flexibility index (Phi) is 4.74. The third-order valence-electron chi connectivity index (χ3n) is 2.97. The van der Waals surface area contributed by atoms with E-state index in [0.717, 1.165) is 0 Å². The van der Waals surface area contributed by atoms with E-state index in [1.807, 2.05) is 0 Å². The van der Waals surface area contributed by atoms with Crippen LogP contribution in [0.2, 0.25) is 0 Å². The van der Waals surface area contributed by atoms with Gasteiger partial charge in [-0.1, -0.05) is 12.1 Å². The molecule has 2 aromatic rings. The Hall–Kier alpha value is -2.15.